The van der Waals surface area contributed by atoms with E-state index in [0.29, 0.717) is 18.4 Å². The number of nitrogens with one attached hydrogen (secondary N) is 2. The second-order valence-corrected chi connectivity index (χ2v) is 4.84. The fourth-order valence-corrected chi connectivity index (χ4v) is 2.45. The minimum atomic E-state index is -0.236. The zero-order chi connectivity index (χ0) is 13.2. The molecule has 8 heteroatoms. The molecule has 3 heterocycles. The van der Waals surface area contributed by atoms with Crippen LogP contribution < -0.4 is 5.69 Å². The molecule has 0 radical (unpaired) electrons. The average molecular weight is 264 g/mol. The molecule has 1 aliphatic heterocycles. The van der Waals surface area contributed by atoms with Crippen LogP contribution in [0, 0.1) is 6.92 Å². The van der Waals surface area contributed by atoms with Crippen molar-refractivity contribution >= 4 is 0 Å². The van der Waals surface area contributed by atoms with E-state index in [1.807, 2.05) is 0 Å². The molecule has 0 saturated carbocycles. The van der Waals surface area contributed by atoms with Crippen LogP contribution in [-0.2, 0) is 6.54 Å². The third kappa shape index (κ3) is 2.73. The van der Waals surface area contributed by atoms with Crippen molar-refractivity contribution in [3.8, 4) is 0 Å². The zero-order valence-electron chi connectivity index (χ0n) is 10.7. The lowest BCUT2D eigenvalue weighted by atomic mass is 9.96. The number of aromatic nitrogens is 5. The summed E-state index contributed by atoms with van der Waals surface area (Å²) in [5.41, 5.74) is -0.236. The number of rotatable bonds is 3. The summed E-state index contributed by atoms with van der Waals surface area (Å²) in [6.45, 7) is 4.37. The van der Waals surface area contributed by atoms with E-state index in [0.717, 1.165) is 37.6 Å². The fraction of sp³-hybridized carbons (Fsp3) is 0.636. The number of likely N-dealkylation sites (tertiary alicyclic amines) is 1. The van der Waals surface area contributed by atoms with E-state index in [-0.39, 0.29) is 5.69 Å². The minimum absolute atomic E-state index is 0.236. The van der Waals surface area contributed by atoms with E-state index >= 15 is 0 Å². The number of piperidine rings is 1. The minimum Gasteiger partial charge on any atom is -0.340 e. The standard InChI is InChI=1S/C11H16N6O2/c1-7-12-9(16-19-7)6-17-4-2-8(3-5-17)10-13-11(18)15-14-10/h8H,2-6H2,1H3,(H2,13,14,15,18). The summed E-state index contributed by atoms with van der Waals surface area (Å²) in [6, 6.07) is 0. The van der Waals surface area contributed by atoms with Crippen LogP contribution >= 0.6 is 0 Å². The molecule has 0 atom stereocenters. The van der Waals surface area contributed by atoms with Gasteiger partial charge in [-0.25, -0.2) is 9.89 Å². The molecule has 1 saturated heterocycles. The molecule has 102 valence electrons. The molecule has 0 bridgehead atoms. The normalized spacial score (nSPS) is 17.9. The molecular weight excluding hydrogens is 248 g/mol. The molecule has 3 rings (SSSR count). The molecule has 8 nitrogen and oxygen atoms in total. The molecule has 0 aliphatic carbocycles. The Morgan fingerprint density at radius 2 is 2.21 bits per heavy atom. The summed E-state index contributed by atoms with van der Waals surface area (Å²) in [4.78, 5) is 20.2. The summed E-state index contributed by atoms with van der Waals surface area (Å²) in [6.07, 6.45) is 1.94. The Bertz CT molecular complexity index is 592. The summed E-state index contributed by atoms with van der Waals surface area (Å²) in [5, 5.41) is 10.3. The van der Waals surface area contributed by atoms with Crippen LogP contribution in [-0.4, -0.2) is 43.3 Å². The predicted octanol–water partition coefficient (Wildman–Crippen LogP) is 0.169. The second-order valence-electron chi connectivity index (χ2n) is 4.84. The number of H-pyrrole nitrogens is 2. The Kier molecular flexibility index (Phi) is 3.16. The van der Waals surface area contributed by atoms with E-state index in [9.17, 15) is 4.79 Å². The van der Waals surface area contributed by atoms with Crippen LogP contribution in [0.3, 0.4) is 0 Å². The predicted molar refractivity (Wildman–Crippen MR) is 65.5 cm³/mol. The van der Waals surface area contributed by atoms with Crippen LogP contribution in [0.5, 0.6) is 0 Å². The zero-order valence-corrected chi connectivity index (χ0v) is 10.7. The maximum absolute atomic E-state index is 11.0. The number of nitrogens with zero attached hydrogens (tertiary/aromatic N) is 4. The van der Waals surface area contributed by atoms with E-state index in [1.165, 1.54) is 0 Å². The van der Waals surface area contributed by atoms with Crippen molar-refractivity contribution < 1.29 is 4.52 Å². The van der Waals surface area contributed by atoms with Gasteiger partial charge in [0.05, 0.1) is 6.54 Å². The molecule has 2 aromatic rings. The number of hydrogen-bond donors (Lipinski definition) is 2. The van der Waals surface area contributed by atoms with Gasteiger partial charge in [-0.1, -0.05) is 5.16 Å². The van der Waals surface area contributed by atoms with Crippen LogP contribution in [0.2, 0.25) is 0 Å². The SMILES string of the molecule is Cc1nc(CN2CCC(c3n[nH]c(=O)[nH]3)CC2)no1. The van der Waals surface area contributed by atoms with E-state index in [4.69, 9.17) is 4.52 Å². The van der Waals surface area contributed by atoms with Gasteiger partial charge in [0.15, 0.2) is 5.82 Å². The average Bonchev–Trinajstić information content (AvgIpc) is 3.00. The first-order valence-electron chi connectivity index (χ1n) is 6.37. The Balaban J connectivity index is 1.56. The highest BCUT2D eigenvalue weighted by Crippen LogP contribution is 2.25. The number of aryl methyl sites for hydroxylation is 1. The second kappa shape index (κ2) is 4.96. The summed E-state index contributed by atoms with van der Waals surface area (Å²) in [7, 11) is 0. The third-order valence-electron chi connectivity index (χ3n) is 3.43. The van der Waals surface area contributed by atoms with Gasteiger partial charge in [0, 0.05) is 12.8 Å². The molecule has 1 aliphatic rings. The van der Waals surface area contributed by atoms with Crippen LogP contribution in [0.15, 0.2) is 9.32 Å². The van der Waals surface area contributed by atoms with E-state index in [1.54, 1.807) is 6.92 Å². The smallest absolute Gasteiger partial charge is 0.340 e. The Morgan fingerprint density at radius 3 is 2.79 bits per heavy atom. The van der Waals surface area contributed by atoms with E-state index in [2.05, 4.69) is 30.2 Å². The Hall–Kier alpha value is -1.96. The molecule has 0 aromatic carbocycles. The Morgan fingerprint density at radius 1 is 1.42 bits per heavy atom. The monoisotopic (exact) mass is 264 g/mol. The first kappa shape index (κ1) is 12.1. The summed E-state index contributed by atoms with van der Waals surface area (Å²) < 4.78 is 4.96. The van der Waals surface area contributed by atoms with Gasteiger partial charge in [0.2, 0.25) is 5.89 Å². The highest BCUT2D eigenvalue weighted by atomic mass is 16.5. The quantitative estimate of drug-likeness (QED) is 0.819. The van der Waals surface area contributed by atoms with Crippen molar-refractivity contribution in [1.29, 1.82) is 0 Å². The van der Waals surface area contributed by atoms with Gasteiger partial charge in [-0.05, 0) is 25.9 Å². The Labute approximate surface area is 109 Å². The topological polar surface area (TPSA) is 104 Å². The van der Waals surface area contributed by atoms with Crippen LogP contribution in [0.4, 0.5) is 0 Å². The van der Waals surface area contributed by atoms with E-state index < -0.39 is 0 Å². The first-order chi connectivity index (χ1) is 9.20. The highest BCUT2D eigenvalue weighted by molar-refractivity contribution is 4.96. The maximum Gasteiger partial charge on any atom is 0.340 e. The highest BCUT2D eigenvalue weighted by Gasteiger charge is 2.23. The molecule has 19 heavy (non-hydrogen) atoms. The maximum atomic E-state index is 11.0. The van der Waals surface area contributed by atoms with Gasteiger partial charge in [-0.3, -0.25) is 9.88 Å². The molecular formula is C11H16N6O2. The van der Waals surface area contributed by atoms with Gasteiger partial charge in [0.1, 0.15) is 5.82 Å². The van der Waals surface area contributed by atoms with Gasteiger partial charge in [0.25, 0.3) is 0 Å². The molecule has 1 fully saturated rings. The lowest BCUT2D eigenvalue weighted by Gasteiger charge is -2.29. The van der Waals surface area contributed by atoms with Crippen LogP contribution in [0.25, 0.3) is 0 Å². The largest absolute Gasteiger partial charge is 0.340 e. The van der Waals surface area contributed by atoms with Crippen molar-refractivity contribution in [2.45, 2.75) is 32.2 Å². The first-order valence-corrected chi connectivity index (χ1v) is 6.37. The van der Waals surface area contributed by atoms with Crippen molar-refractivity contribution in [2.24, 2.45) is 0 Å². The van der Waals surface area contributed by atoms with Gasteiger partial charge in [-0.2, -0.15) is 10.1 Å². The fourth-order valence-electron chi connectivity index (χ4n) is 2.45. The van der Waals surface area contributed by atoms with Crippen molar-refractivity contribution in [3.63, 3.8) is 0 Å². The molecule has 2 N–H and O–H groups in total. The molecule has 0 amide bonds. The number of hydrogen-bond acceptors (Lipinski definition) is 6. The third-order valence-corrected chi connectivity index (χ3v) is 3.43. The molecule has 0 spiro atoms. The van der Waals surface area contributed by atoms with Crippen molar-refractivity contribution in [2.75, 3.05) is 13.1 Å². The lowest BCUT2D eigenvalue weighted by molar-refractivity contribution is 0.195. The van der Waals surface area contributed by atoms with Crippen molar-refractivity contribution in [3.05, 3.63) is 28.0 Å². The lowest BCUT2D eigenvalue weighted by Crippen LogP contribution is -2.33. The summed E-state index contributed by atoms with van der Waals surface area (Å²) in [5.74, 6) is 2.41. The molecule has 0 unspecified atom stereocenters. The van der Waals surface area contributed by atoms with Gasteiger partial charge >= 0.3 is 5.69 Å². The van der Waals surface area contributed by atoms with Crippen LogP contribution in [0.1, 0.15) is 36.3 Å². The van der Waals surface area contributed by atoms with Gasteiger partial charge < -0.3 is 4.52 Å². The number of aromatic amines is 2. The van der Waals surface area contributed by atoms with Gasteiger partial charge in [-0.15, -0.1) is 0 Å². The summed E-state index contributed by atoms with van der Waals surface area (Å²) >= 11 is 0. The molecule has 2 aromatic heterocycles. The van der Waals surface area contributed by atoms with Crippen molar-refractivity contribution in [1.82, 2.24) is 30.2 Å².